The van der Waals surface area contributed by atoms with Crippen LogP contribution >= 0.6 is 0 Å². The molecule has 0 fully saturated rings. The molecule has 24 heavy (non-hydrogen) atoms. The molecule has 1 nitrogen and oxygen atoms in total. The summed E-state index contributed by atoms with van der Waals surface area (Å²) in [7, 11) is 2.24. The van der Waals surface area contributed by atoms with Gasteiger partial charge >= 0.3 is 0 Å². The maximum Gasteiger partial charge on any atom is 0.0985 e. The monoisotopic (exact) mass is 431 g/mol. The molecule has 0 amide bonds. The molecule has 2 aromatic rings. The van der Waals surface area contributed by atoms with Crippen molar-refractivity contribution in [3.8, 4) is 0 Å². The molecular formula is C22H26IN. The molecule has 0 aliphatic rings. The molecule has 2 rings (SSSR count). The van der Waals surface area contributed by atoms with Crippen molar-refractivity contribution in [2.45, 2.75) is 0 Å². The van der Waals surface area contributed by atoms with Crippen molar-refractivity contribution >= 4 is 5.57 Å². The van der Waals surface area contributed by atoms with E-state index in [0.29, 0.717) is 0 Å². The largest absolute Gasteiger partial charge is 1.00 e. The number of rotatable bonds is 8. The molecule has 0 N–H and O–H groups in total. The van der Waals surface area contributed by atoms with E-state index in [1.807, 2.05) is 12.2 Å². The Morgan fingerprint density at radius 1 is 0.792 bits per heavy atom. The lowest BCUT2D eigenvalue weighted by Crippen LogP contribution is -3.00. The lowest BCUT2D eigenvalue weighted by molar-refractivity contribution is -0.892. The van der Waals surface area contributed by atoms with Crippen LogP contribution in [0.2, 0.25) is 0 Å². The Morgan fingerprint density at radius 2 is 1.21 bits per heavy atom. The minimum Gasteiger partial charge on any atom is -1.00 e. The first kappa shape index (κ1) is 20.4. The Hall–Kier alpha value is -1.65. The van der Waals surface area contributed by atoms with E-state index in [2.05, 4.69) is 86.9 Å². The van der Waals surface area contributed by atoms with Crippen LogP contribution in [0.1, 0.15) is 11.1 Å². The van der Waals surface area contributed by atoms with Gasteiger partial charge in [-0.15, -0.1) is 0 Å². The molecule has 2 aromatic carbocycles. The van der Waals surface area contributed by atoms with Gasteiger partial charge in [0.15, 0.2) is 0 Å². The Kier molecular flexibility index (Phi) is 8.72. The zero-order chi connectivity index (χ0) is 16.5. The zero-order valence-corrected chi connectivity index (χ0v) is 16.5. The van der Waals surface area contributed by atoms with Crippen LogP contribution < -0.4 is 24.0 Å². The molecule has 0 unspecified atom stereocenters. The van der Waals surface area contributed by atoms with Gasteiger partial charge in [-0.05, 0) is 34.9 Å². The summed E-state index contributed by atoms with van der Waals surface area (Å²) in [5.41, 5.74) is 3.79. The molecule has 0 aliphatic heterocycles. The molecule has 0 radical (unpaired) electrons. The van der Waals surface area contributed by atoms with Crippen LogP contribution in [0, 0.1) is 0 Å². The Labute approximate surface area is 163 Å². The number of hydrogen-bond donors (Lipinski definition) is 0. The maximum absolute atomic E-state index is 3.90. The van der Waals surface area contributed by atoms with E-state index in [4.69, 9.17) is 0 Å². The summed E-state index contributed by atoms with van der Waals surface area (Å²) < 4.78 is 0.885. The highest BCUT2D eigenvalue weighted by Gasteiger charge is 2.17. The number of benzene rings is 2. The normalized spacial score (nSPS) is 10.4. The molecule has 126 valence electrons. The van der Waals surface area contributed by atoms with Crippen molar-refractivity contribution < 1.29 is 28.5 Å². The Bertz CT molecular complexity index is 607. The van der Waals surface area contributed by atoms with Crippen LogP contribution in [0.3, 0.4) is 0 Å². The van der Waals surface area contributed by atoms with Gasteiger partial charge < -0.3 is 28.5 Å². The molecule has 0 saturated heterocycles. The van der Waals surface area contributed by atoms with Gasteiger partial charge in [-0.3, -0.25) is 0 Å². The van der Waals surface area contributed by atoms with Gasteiger partial charge in [0, 0.05) is 0 Å². The first-order valence-corrected chi connectivity index (χ1v) is 8.05. The molecule has 0 heterocycles. The molecule has 0 aliphatic carbocycles. The lowest BCUT2D eigenvalue weighted by atomic mass is 9.97. The third-order valence-corrected chi connectivity index (χ3v) is 4.05. The quantitative estimate of drug-likeness (QED) is 0.341. The summed E-state index contributed by atoms with van der Waals surface area (Å²) in [6.45, 7) is 10.6. The smallest absolute Gasteiger partial charge is 0.0985 e. The topological polar surface area (TPSA) is 0 Å². The fourth-order valence-electron chi connectivity index (χ4n) is 2.80. The van der Waals surface area contributed by atoms with E-state index in [1.165, 1.54) is 16.7 Å². The van der Waals surface area contributed by atoms with Crippen LogP contribution in [-0.2, 0) is 0 Å². The third kappa shape index (κ3) is 5.77. The van der Waals surface area contributed by atoms with Crippen LogP contribution in [0.15, 0.2) is 92.0 Å². The van der Waals surface area contributed by atoms with Crippen molar-refractivity contribution in [2.75, 3.05) is 26.7 Å². The molecule has 0 bridgehead atoms. The van der Waals surface area contributed by atoms with Crippen molar-refractivity contribution in [2.24, 2.45) is 0 Å². The molecule has 0 atom stereocenters. The predicted molar refractivity (Wildman–Crippen MR) is 101 cm³/mol. The van der Waals surface area contributed by atoms with E-state index in [1.54, 1.807) is 0 Å². The van der Waals surface area contributed by atoms with E-state index < -0.39 is 0 Å². The summed E-state index contributed by atoms with van der Waals surface area (Å²) in [6, 6.07) is 21.2. The summed E-state index contributed by atoms with van der Waals surface area (Å²) >= 11 is 0. The second kappa shape index (κ2) is 10.3. The van der Waals surface area contributed by atoms with Crippen LogP contribution in [-0.4, -0.2) is 31.2 Å². The van der Waals surface area contributed by atoms with E-state index in [9.17, 15) is 0 Å². The fraction of sp³-hybridized carbons (Fsp3) is 0.182. The van der Waals surface area contributed by atoms with Crippen LogP contribution in [0.5, 0.6) is 0 Å². The van der Waals surface area contributed by atoms with Gasteiger partial charge in [0.05, 0.1) is 26.7 Å². The Morgan fingerprint density at radius 3 is 1.58 bits per heavy atom. The van der Waals surface area contributed by atoms with Crippen molar-refractivity contribution in [1.82, 2.24) is 0 Å². The van der Waals surface area contributed by atoms with Crippen molar-refractivity contribution in [1.29, 1.82) is 0 Å². The predicted octanol–water partition coefficient (Wildman–Crippen LogP) is 1.94. The van der Waals surface area contributed by atoms with Crippen LogP contribution in [0.4, 0.5) is 0 Å². The summed E-state index contributed by atoms with van der Waals surface area (Å²) in [5, 5.41) is 0. The molecule has 2 heteroatoms. The number of halogens is 1. The molecule has 0 aromatic heterocycles. The number of hydrogen-bond acceptors (Lipinski definition) is 0. The first-order chi connectivity index (χ1) is 11.2. The van der Waals surface area contributed by atoms with E-state index in [-0.39, 0.29) is 24.0 Å². The van der Waals surface area contributed by atoms with Crippen molar-refractivity contribution in [3.05, 3.63) is 103 Å². The standard InChI is InChI=1S/C22H26N.HI/c1-4-17-23(3,18-5-2)19-16-22(20-12-8-6-9-13-20)21-14-10-7-11-15-21;/h4-16H,1-2,17-19H2,3H3;1H/q+1;/p-1. The Balaban J connectivity index is 0.00000288. The summed E-state index contributed by atoms with van der Waals surface area (Å²) in [6.07, 6.45) is 6.32. The van der Waals surface area contributed by atoms with Gasteiger partial charge in [0.2, 0.25) is 0 Å². The first-order valence-electron chi connectivity index (χ1n) is 8.05. The average molecular weight is 431 g/mol. The van der Waals surface area contributed by atoms with Gasteiger partial charge in [-0.1, -0.05) is 73.8 Å². The fourth-order valence-corrected chi connectivity index (χ4v) is 2.80. The highest BCUT2D eigenvalue weighted by Crippen LogP contribution is 2.23. The summed E-state index contributed by atoms with van der Waals surface area (Å²) in [5.74, 6) is 0. The van der Waals surface area contributed by atoms with Gasteiger partial charge in [-0.25, -0.2) is 0 Å². The molecule has 0 saturated carbocycles. The average Bonchev–Trinajstić information content (AvgIpc) is 2.57. The molecule has 0 spiro atoms. The minimum atomic E-state index is 0. The van der Waals surface area contributed by atoms with Crippen molar-refractivity contribution in [3.63, 3.8) is 0 Å². The highest BCUT2D eigenvalue weighted by molar-refractivity contribution is 5.79. The van der Waals surface area contributed by atoms with E-state index in [0.717, 1.165) is 24.1 Å². The SMILES string of the molecule is C=CC[N+](C)(CC=C)CC=C(c1ccccc1)c1ccccc1.[I-]. The van der Waals surface area contributed by atoms with Crippen LogP contribution in [0.25, 0.3) is 5.57 Å². The third-order valence-electron chi connectivity index (χ3n) is 4.05. The second-order valence-corrected chi connectivity index (χ2v) is 6.09. The maximum atomic E-state index is 3.90. The van der Waals surface area contributed by atoms with Gasteiger partial charge in [0.1, 0.15) is 0 Å². The zero-order valence-electron chi connectivity index (χ0n) is 14.4. The number of quaternary nitrogens is 1. The second-order valence-electron chi connectivity index (χ2n) is 6.09. The summed E-state index contributed by atoms with van der Waals surface area (Å²) in [4.78, 5) is 0. The van der Waals surface area contributed by atoms with E-state index >= 15 is 0 Å². The molecular weight excluding hydrogens is 405 g/mol. The number of nitrogens with zero attached hydrogens (tertiary/aromatic N) is 1. The highest BCUT2D eigenvalue weighted by atomic mass is 127. The minimum absolute atomic E-state index is 0. The van der Waals surface area contributed by atoms with Gasteiger partial charge in [-0.2, -0.15) is 0 Å². The number of likely N-dealkylation sites (N-methyl/N-ethyl adjacent to an activating group) is 1. The lowest BCUT2D eigenvalue weighted by Gasteiger charge is -2.31. The van der Waals surface area contributed by atoms with Gasteiger partial charge in [0.25, 0.3) is 0 Å².